The van der Waals surface area contributed by atoms with E-state index in [2.05, 4.69) is 10.3 Å². The second-order valence-corrected chi connectivity index (χ2v) is 1.65. The molecule has 0 aliphatic heterocycles. The number of hydrogen-bond donors (Lipinski definition) is 2. The van der Waals surface area contributed by atoms with Crippen molar-refractivity contribution >= 4 is 18.0 Å². The minimum absolute atomic E-state index is 0.246. The van der Waals surface area contributed by atoms with Gasteiger partial charge in [0.2, 0.25) is 5.84 Å². The molecule has 0 aromatic carbocycles. The predicted octanol–water partition coefficient (Wildman–Crippen LogP) is 0.190. The Kier molecular flexibility index (Phi) is 4.11. The number of hydrogen-bond acceptors (Lipinski definition) is 2. The van der Waals surface area contributed by atoms with Crippen LogP contribution in [0.3, 0.4) is 0 Å². The van der Waals surface area contributed by atoms with Gasteiger partial charge in [0.05, 0.1) is 0 Å². The highest BCUT2D eigenvalue weighted by atomic mass is 16.2. The van der Waals surface area contributed by atoms with Gasteiger partial charge in [-0.05, 0) is 6.42 Å². The molecule has 4 heteroatoms. The normalized spacial score (nSPS) is 9.80. The first-order valence-corrected chi connectivity index (χ1v) is 3.05. The fraction of sp³-hybridized carbons (Fsp3) is 0.500. The molecular formula is C6H11N3O. The molecule has 10 heavy (non-hydrogen) atoms. The monoisotopic (exact) mass is 141 g/mol. The zero-order valence-electron chi connectivity index (χ0n) is 6.14. The van der Waals surface area contributed by atoms with Crippen molar-refractivity contribution in [1.29, 1.82) is 5.41 Å². The third-order valence-electron chi connectivity index (χ3n) is 0.845. The van der Waals surface area contributed by atoms with Crippen LogP contribution in [0.2, 0.25) is 0 Å². The highest BCUT2D eigenvalue weighted by molar-refractivity contribution is 6.37. The highest BCUT2D eigenvalue weighted by Gasteiger charge is 2.01. The fourth-order valence-corrected chi connectivity index (χ4v) is 0.360. The van der Waals surface area contributed by atoms with Gasteiger partial charge in [-0.1, -0.05) is 6.92 Å². The van der Waals surface area contributed by atoms with Gasteiger partial charge in [-0.15, -0.1) is 0 Å². The van der Waals surface area contributed by atoms with E-state index in [9.17, 15) is 4.79 Å². The van der Waals surface area contributed by atoms with E-state index in [0.29, 0.717) is 0 Å². The molecule has 0 unspecified atom stereocenters. The molecule has 0 radical (unpaired) electrons. The van der Waals surface area contributed by atoms with E-state index < -0.39 is 5.91 Å². The van der Waals surface area contributed by atoms with Gasteiger partial charge in [-0.2, -0.15) is 0 Å². The van der Waals surface area contributed by atoms with Crippen LogP contribution < -0.4 is 5.32 Å². The summed E-state index contributed by atoms with van der Waals surface area (Å²) >= 11 is 0. The minimum atomic E-state index is -0.454. The summed E-state index contributed by atoms with van der Waals surface area (Å²) in [5, 5.41) is 9.28. The maximum absolute atomic E-state index is 10.6. The SMILES string of the molecule is CCC=NC(=N)C(=O)NC. The summed E-state index contributed by atoms with van der Waals surface area (Å²) in [6.07, 6.45) is 2.26. The van der Waals surface area contributed by atoms with Crippen molar-refractivity contribution < 1.29 is 4.79 Å². The van der Waals surface area contributed by atoms with E-state index in [-0.39, 0.29) is 5.84 Å². The van der Waals surface area contributed by atoms with Crippen LogP contribution in [0.4, 0.5) is 0 Å². The number of nitrogens with zero attached hydrogens (tertiary/aromatic N) is 1. The molecule has 0 rings (SSSR count). The molecule has 56 valence electrons. The van der Waals surface area contributed by atoms with Crippen molar-refractivity contribution in [3.8, 4) is 0 Å². The molecule has 0 atom stereocenters. The zero-order valence-corrected chi connectivity index (χ0v) is 6.14. The van der Waals surface area contributed by atoms with Crippen molar-refractivity contribution in [2.24, 2.45) is 4.99 Å². The molecular weight excluding hydrogens is 130 g/mol. The van der Waals surface area contributed by atoms with E-state index in [0.717, 1.165) is 6.42 Å². The Morgan fingerprint density at radius 3 is 2.80 bits per heavy atom. The number of rotatable bonds is 1. The van der Waals surface area contributed by atoms with Crippen LogP contribution in [0.1, 0.15) is 13.3 Å². The summed E-state index contributed by atoms with van der Waals surface area (Å²) in [4.78, 5) is 14.1. The second-order valence-electron chi connectivity index (χ2n) is 1.65. The first-order valence-electron chi connectivity index (χ1n) is 3.05. The number of amides is 1. The number of likely N-dealkylation sites (N-methyl/N-ethyl adjacent to an activating group) is 1. The van der Waals surface area contributed by atoms with Gasteiger partial charge in [-0.3, -0.25) is 10.2 Å². The summed E-state index contributed by atoms with van der Waals surface area (Å²) in [6, 6.07) is 0. The number of carbonyl (C=O) groups is 1. The van der Waals surface area contributed by atoms with E-state index in [4.69, 9.17) is 5.41 Å². The van der Waals surface area contributed by atoms with E-state index >= 15 is 0 Å². The van der Waals surface area contributed by atoms with Crippen LogP contribution >= 0.6 is 0 Å². The van der Waals surface area contributed by atoms with Gasteiger partial charge < -0.3 is 5.32 Å². The third kappa shape index (κ3) is 2.96. The van der Waals surface area contributed by atoms with Gasteiger partial charge >= 0.3 is 0 Å². The molecule has 0 saturated carbocycles. The first-order chi connectivity index (χ1) is 4.72. The van der Waals surface area contributed by atoms with Crippen molar-refractivity contribution in [2.75, 3.05) is 7.05 Å². The van der Waals surface area contributed by atoms with Gasteiger partial charge in [0.15, 0.2) is 0 Å². The molecule has 0 saturated heterocycles. The van der Waals surface area contributed by atoms with Crippen LogP contribution in [0, 0.1) is 5.41 Å². The Bertz CT molecular complexity index is 162. The quantitative estimate of drug-likeness (QED) is 0.397. The lowest BCUT2D eigenvalue weighted by Crippen LogP contribution is -2.25. The Hall–Kier alpha value is -1.19. The Balaban J connectivity index is 3.85. The van der Waals surface area contributed by atoms with Gasteiger partial charge in [0, 0.05) is 13.3 Å². The van der Waals surface area contributed by atoms with Crippen molar-refractivity contribution in [1.82, 2.24) is 5.32 Å². The number of carbonyl (C=O) groups excluding carboxylic acids is 1. The molecule has 0 aliphatic carbocycles. The number of nitrogens with one attached hydrogen (secondary N) is 2. The fourth-order valence-electron chi connectivity index (χ4n) is 0.360. The summed E-state index contributed by atoms with van der Waals surface area (Å²) in [7, 11) is 1.47. The van der Waals surface area contributed by atoms with E-state index in [1.165, 1.54) is 13.3 Å². The summed E-state index contributed by atoms with van der Waals surface area (Å²) in [6.45, 7) is 1.89. The lowest BCUT2D eigenvalue weighted by molar-refractivity contribution is -0.114. The van der Waals surface area contributed by atoms with Crippen LogP contribution in [-0.4, -0.2) is 25.0 Å². The maximum atomic E-state index is 10.6. The summed E-state index contributed by atoms with van der Waals surface area (Å²) < 4.78 is 0. The van der Waals surface area contributed by atoms with E-state index in [1.54, 1.807) is 0 Å². The Labute approximate surface area is 59.9 Å². The lowest BCUT2D eigenvalue weighted by atomic mass is 10.5. The number of amidine groups is 1. The van der Waals surface area contributed by atoms with Crippen molar-refractivity contribution in [3.05, 3.63) is 0 Å². The summed E-state index contributed by atoms with van der Waals surface area (Å²) in [5.74, 6) is -0.700. The molecule has 0 fully saturated rings. The van der Waals surface area contributed by atoms with Gasteiger partial charge in [-0.25, -0.2) is 4.99 Å². The van der Waals surface area contributed by atoms with Crippen LogP contribution in [0.25, 0.3) is 0 Å². The number of aliphatic imine (C=N–C) groups is 1. The summed E-state index contributed by atoms with van der Waals surface area (Å²) in [5.41, 5.74) is 0. The average molecular weight is 141 g/mol. The van der Waals surface area contributed by atoms with Crippen LogP contribution in [0.5, 0.6) is 0 Å². The molecule has 1 amide bonds. The Morgan fingerprint density at radius 2 is 2.40 bits per heavy atom. The predicted molar refractivity (Wildman–Crippen MR) is 40.6 cm³/mol. The highest BCUT2D eigenvalue weighted by Crippen LogP contribution is 1.76. The largest absolute Gasteiger partial charge is 0.352 e. The first kappa shape index (κ1) is 8.81. The minimum Gasteiger partial charge on any atom is -0.352 e. The molecule has 4 nitrogen and oxygen atoms in total. The standard InChI is InChI=1S/C6H11N3O/c1-3-4-9-5(7)6(10)8-2/h4,7H,3H2,1-2H3,(H,8,10). The third-order valence-corrected chi connectivity index (χ3v) is 0.845. The smallest absolute Gasteiger partial charge is 0.288 e. The lowest BCUT2D eigenvalue weighted by Gasteiger charge is -1.92. The molecule has 0 aromatic heterocycles. The van der Waals surface area contributed by atoms with E-state index in [1.807, 2.05) is 6.92 Å². The molecule has 0 heterocycles. The average Bonchev–Trinajstić information content (AvgIpc) is 1.98. The molecule has 0 bridgehead atoms. The zero-order chi connectivity index (χ0) is 7.98. The molecule has 2 N–H and O–H groups in total. The maximum Gasteiger partial charge on any atom is 0.288 e. The molecule has 0 aliphatic rings. The second kappa shape index (κ2) is 4.67. The Morgan fingerprint density at radius 1 is 1.80 bits per heavy atom. The van der Waals surface area contributed by atoms with Crippen LogP contribution in [-0.2, 0) is 4.79 Å². The van der Waals surface area contributed by atoms with Gasteiger partial charge in [0.25, 0.3) is 5.91 Å². The van der Waals surface area contributed by atoms with Crippen molar-refractivity contribution in [2.45, 2.75) is 13.3 Å². The topological polar surface area (TPSA) is 65.3 Å². The van der Waals surface area contributed by atoms with Crippen LogP contribution in [0.15, 0.2) is 4.99 Å². The molecule has 0 aromatic rings. The van der Waals surface area contributed by atoms with Gasteiger partial charge in [0.1, 0.15) is 0 Å². The van der Waals surface area contributed by atoms with Crippen molar-refractivity contribution in [3.63, 3.8) is 0 Å². The molecule has 0 spiro atoms.